The largest absolute Gasteiger partial charge is 0.494 e. The number of nitrogens with one attached hydrogen (secondary N) is 2. The fourth-order valence-electron chi connectivity index (χ4n) is 9.35. The maximum atomic E-state index is 14.6. The standard InChI is InChI=1S/C50H63F4N9O6S/c1-31-42(70-30-56-31)34-10-11-35(28-55-44(65)38-27-36(64)29-62(38)45(66)43(48(2,3)4)57-47(67)49(51)20-21-49)39(26-34)69-25-9-7-5-6-8-24-68-37-14-12-32(13-15-37)33-18-22-61(23-19-33)41-17-16-40-58-59-46(50(52,53)54)63(40)60-41/h10-15,26,30,33,36,38,43,64H,5-9,16-25,27-29H2,1-4H3,(H,55,65)(H,57,67)/t36-,38?,43-/m1/s1. The number of hydrogen-bond donors (Lipinski definition) is 3. The Morgan fingerprint density at radius 1 is 0.943 bits per heavy atom. The molecule has 5 heterocycles. The van der Waals surface area contributed by atoms with Crippen molar-refractivity contribution < 1.29 is 46.5 Å². The lowest BCUT2D eigenvalue weighted by Gasteiger charge is -2.35. The number of carbonyl (C=O) groups excluding carboxylic acids is 3. The molecule has 378 valence electrons. The summed E-state index contributed by atoms with van der Waals surface area (Å²) in [5.41, 5.74) is 2.85. The molecule has 3 N–H and O–H groups in total. The Morgan fingerprint density at radius 2 is 1.64 bits per heavy atom. The lowest BCUT2D eigenvalue weighted by molar-refractivity contribution is -0.147. The Labute approximate surface area is 409 Å². The van der Waals surface area contributed by atoms with Crippen LogP contribution in [-0.4, -0.2) is 115 Å². The van der Waals surface area contributed by atoms with Gasteiger partial charge in [0.1, 0.15) is 29.4 Å². The minimum atomic E-state index is -4.61. The molecule has 3 aliphatic heterocycles. The van der Waals surface area contributed by atoms with Crippen LogP contribution in [0, 0.1) is 12.3 Å². The van der Waals surface area contributed by atoms with Crippen LogP contribution in [0.25, 0.3) is 10.4 Å². The van der Waals surface area contributed by atoms with Crippen LogP contribution in [0.15, 0.2) is 53.1 Å². The van der Waals surface area contributed by atoms with Crippen molar-refractivity contribution in [2.75, 3.05) is 32.8 Å². The van der Waals surface area contributed by atoms with E-state index in [1.807, 2.05) is 37.3 Å². The molecule has 0 radical (unpaired) electrons. The zero-order chi connectivity index (χ0) is 49.8. The smallest absolute Gasteiger partial charge is 0.453 e. The summed E-state index contributed by atoms with van der Waals surface area (Å²) in [5.74, 6) is -0.257. The molecule has 1 unspecified atom stereocenters. The highest BCUT2D eigenvalue weighted by molar-refractivity contribution is 7.13. The molecule has 15 nitrogen and oxygen atoms in total. The molecular weight excluding hydrogens is 931 g/mol. The molecule has 2 saturated heterocycles. The van der Waals surface area contributed by atoms with Crippen molar-refractivity contribution in [3.63, 3.8) is 0 Å². The van der Waals surface area contributed by atoms with Crippen molar-refractivity contribution in [1.29, 1.82) is 0 Å². The topological polar surface area (TPSA) is 176 Å². The summed E-state index contributed by atoms with van der Waals surface area (Å²) in [7, 11) is 0. The maximum Gasteiger partial charge on any atom is 0.453 e. The minimum absolute atomic E-state index is 0.0281. The van der Waals surface area contributed by atoms with Crippen LogP contribution in [-0.2, 0) is 33.5 Å². The molecule has 3 fully saturated rings. The van der Waals surface area contributed by atoms with Crippen molar-refractivity contribution in [2.45, 2.75) is 147 Å². The van der Waals surface area contributed by atoms with Crippen LogP contribution in [0.1, 0.15) is 126 Å². The second-order valence-corrected chi connectivity index (χ2v) is 20.9. The van der Waals surface area contributed by atoms with Crippen LogP contribution < -0.4 is 20.1 Å². The second kappa shape index (κ2) is 21.4. The van der Waals surface area contributed by atoms with Crippen LogP contribution in [0.4, 0.5) is 17.6 Å². The Bertz CT molecular complexity index is 2510. The van der Waals surface area contributed by atoms with Gasteiger partial charge in [-0.25, -0.2) is 9.37 Å². The van der Waals surface area contributed by atoms with Gasteiger partial charge in [-0.3, -0.25) is 14.4 Å². The number of aliphatic hydroxyl groups excluding tert-OH is 1. The number of rotatable bonds is 18. The van der Waals surface area contributed by atoms with Crippen molar-refractivity contribution in [2.24, 2.45) is 10.5 Å². The lowest BCUT2D eigenvalue weighted by Crippen LogP contribution is -2.59. The second-order valence-electron chi connectivity index (χ2n) is 20.0. The average molecular weight is 994 g/mol. The highest BCUT2D eigenvalue weighted by Gasteiger charge is 2.53. The SMILES string of the molecule is Cc1ncsc1-c1ccc(CNC(=O)C2C[C@@H](O)CN2C(=O)[C@@H](NC(=O)C2(F)CC2)C(C)(C)C)c(OCCCCCCCOc2ccc(C3CCN(C4=Nn5c(nnc5C(F)(F)F)CC4)CC3)cc2)c1. The molecule has 1 saturated carbocycles. The summed E-state index contributed by atoms with van der Waals surface area (Å²) >= 11 is 1.53. The van der Waals surface area contributed by atoms with E-state index in [-0.39, 0.29) is 38.2 Å². The van der Waals surface area contributed by atoms with Gasteiger partial charge < -0.3 is 35.0 Å². The van der Waals surface area contributed by atoms with Gasteiger partial charge in [0, 0.05) is 51.0 Å². The third kappa shape index (κ3) is 12.1. The van der Waals surface area contributed by atoms with Gasteiger partial charge in [0.2, 0.25) is 11.8 Å². The molecule has 1 aliphatic carbocycles. The Balaban J connectivity index is 0.766. The first kappa shape index (κ1) is 50.7. The molecule has 2 aromatic heterocycles. The Kier molecular flexibility index (Phi) is 15.5. The molecule has 3 amide bonds. The highest BCUT2D eigenvalue weighted by atomic mass is 32.1. The number of aromatic nitrogens is 4. The molecule has 4 aliphatic rings. The zero-order valence-electron chi connectivity index (χ0n) is 40.2. The minimum Gasteiger partial charge on any atom is -0.494 e. The molecule has 8 rings (SSSR count). The number of likely N-dealkylation sites (tertiary alicyclic amines) is 2. The van der Waals surface area contributed by atoms with Gasteiger partial charge in [0.25, 0.3) is 11.7 Å². The number of aryl methyl sites for hydroxylation is 2. The summed E-state index contributed by atoms with van der Waals surface area (Å²) < 4.78 is 68.1. The number of thiazole rings is 1. The number of nitrogens with zero attached hydrogens (tertiary/aromatic N) is 7. The number of ether oxygens (including phenoxy) is 2. The number of benzene rings is 2. The number of hydrogen-bond acceptors (Lipinski definition) is 12. The van der Waals surface area contributed by atoms with E-state index in [4.69, 9.17) is 9.47 Å². The van der Waals surface area contributed by atoms with Crippen LogP contribution in [0.5, 0.6) is 11.5 Å². The summed E-state index contributed by atoms with van der Waals surface area (Å²) in [6.07, 6.45) is 1.99. The van der Waals surface area contributed by atoms with Crippen molar-refractivity contribution >= 4 is 34.9 Å². The first-order chi connectivity index (χ1) is 33.4. The highest BCUT2D eigenvalue weighted by Crippen LogP contribution is 2.41. The van der Waals surface area contributed by atoms with Crippen LogP contribution in [0.3, 0.4) is 0 Å². The predicted octanol–water partition coefficient (Wildman–Crippen LogP) is 7.74. The van der Waals surface area contributed by atoms with Gasteiger partial charge >= 0.3 is 6.18 Å². The average Bonchev–Trinajstić information content (AvgIpc) is 3.61. The normalized spacial score (nSPS) is 19.6. The molecule has 20 heteroatoms. The van der Waals surface area contributed by atoms with E-state index < -0.39 is 59.0 Å². The number of carbonyl (C=O) groups is 3. The van der Waals surface area contributed by atoms with Gasteiger partial charge in [-0.2, -0.15) is 22.9 Å². The van der Waals surface area contributed by atoms with Gasteiger partial charge in [-0.05, 0) is 86.1 Å². The Hall–Kier alpha value is -5.63. The quantitative estimate of drug-likeness (QED) is 0.0661. The number of piperidine rings is 1. The number of unbranched alkanes of at least 4 members (excludes halogenated alkanes) is 4. The van der Waals surface area contributed by atoms with E-state index >= 15 is 0 Å². The first-order valence-corrected chi connectivity index (χ1v) is 25.3. The van der Waals surface area contributed by atoms with Crippen LogP contribution >= 0.6 is 11.3 Å². The molecule has 4 aromatic rings. The third-order valence-corrected chi connectivity index (χ3v) is 14.6. The molecule has 0 spiro atoms. The number of alkyl halides is 4. The first-order valence-electron chi connectivity index (χ1n) is 24.4. The predicted molar refractivity (Wildman–Crippen MR) is 255 cm³/mol. The zero-order valence-corrected chi connectivity index (χ0v) is 41.0. The summed E-state index contributed by atoms with van der Waals surface area (Å²) in [6.45, 7) is 9.75. The third-order valence-electron chi connectivity index (χ3n) is 13.6. The van der Waals surface area contributed by atoms with Gasteiger partial charge in [-0.15, -0.1) is 21.5 Å². The number of halogens is 4. The summed E-state index contributed by atoms with van der Waals surface area (Å²) in [5, 5.41) is 27.5. The van der Waals surface area contributed by atoms with E-state index in [1.165, 1.54) is 21.8 Å². The summed E-state index contributed by atoms with van der Waals surface area (Å²) in [4.78, 5) is 49.2. The van der Waals surface area contributed by atoms with Crippen molar-refractivity contribution in [3.05, 3.63) is 76.4 Å². The number of amidine groups is 1. The molecular formula is C50H63F4N9O6S. The van der Waals surface area contributed by atoms with Crippen molar-refractivity contribution in [1.82, 2.24) is 40.3 Å². The van der Waals surface area contributed by atoms with Gasteiger partial charge in [0.05, 0.1) is 35.4 Å². The molecule has 2 aromatic carbocycles. The number of β-amino-alcohol motifs (C(OH)–C–C–N with tert-alkyl or cyclic N) is 1. The van der Waals surface area contributed by atoms with E-state index in [0.29, 0.717) is 56.6 Å². The fourth-order valence-corrected chi connectivity index (χ4v) is 10.1. The number of fused-ring (bicyclic) bond motifs is 1. The fraction of sp³-hybridized carbons (Fsp3) is 0.580. The van der Waals surface area contributed by atoms with Crippen LogP contribution in [0.2, 0.25) is 0 Å². The number of amides is 3. The maximum absolute atomic E-state index is 14.6. The number of aliphatic hydroxyl groups is 1. The summed E-state index contributed by atoms with van der Waals surface area (Å²) in [6, 6.07) is 12.0. The molecule has 3 atom stereocenters. The van der Waals surface area contributed by atoms with E-state index in [9.17, 15) is 37.1 Å². The van der Waals surface area contributed by atoms with Crippen molar-refractivity contribution in [3.8, 4) is 21.9 Å². The molecule has 70 heavy (non-hydrogen) atoms. The van der Waals surface area contributed by atoms with Gasteiger partial charge in [0.15, 0.2) is 11.5 Å². The monoisotopic (exact) mass is 993 g/mol. The van der Waals surface area contributed by atoms with Gasteiger partial charge in [-0.1, -0.05) is 64.3 Å². The van der Waals surface area contributed by atoms with E-state index in [2.05, 4.69) is 47.9 Å². The lowest BCUT2D eigenvalue weighted by atomic mass is 9.85. The van der Waals surface area contributed by atoms with E-state index in [1.54, 1.807) is 26.3 Å². The molecule has 0 bridgehead atoms. The Morgan fingerprint density at radius 3 is 2.30 bits per heavy atom. The van der Waals surface area contributed by atoms with E-state index in [0.717, 1.165) is 77.1 Å².